The van der Waals surface area contributed by atoms with Gasteiger partial charge in [-0.25, -0.2) is 5.06 Å². The molecule has 0 aromatic rings. The van der Waals surface area contributed by atoms with Crippen molar-refractivity contribution in [3.63, 3.8) is 0 Å². The van der Waals surface area contributed by atoms with E-state index in [9.17, 15) is 4.79 Å². The molecule has 0 aliphatic carbocycles. The van der Waals surface area contributed by atoms with Crippen molar-refractivity contribution in [1.29, 1.82) is 0 Å². The number of hydrogen-bond donors (Lipinski definition) is 0. The molecule has 5 heteroatoms. The summed E-state index contributed by atoms with van der Waals surface area (Å²) < 4.78 is 0. The summed E-state index contributed by atoms with van der Waals surface area (Å²) in [6.07, 6.45) is 2.05. The average molecular weight is 216 g/mol. The maximum Gasteiger partial charge on any atom is 0.271 e. The monoisotopic (exact) mass is 216 g/mol. The van der Waals surface area contributed by atoms with Crippen molar-refractivity contribution in [2.45, 2.75) is 25.8 Å². The Morgan fingerprint density at radius 2 is 2.50 bits per heavy atom. The van der Waals surface area contributed by atoms with Gasteiger partial charge in [-0.2, -0.15) is 0 Å². The number of aliphatic imine (C=N–C) groups is 1. The van der Waals surface area contributed by atoms with Crippen LogP contribution in [0.25, 0.3) is 0 Å². The first-order chi connectivity index (χ1) is 6.69. The third-order valence-electron chi connectivity index (χ3n) is 2.04. The number of thioether (sulfide) groups is 1. The number of likely N-dealkylation sites (N-methyl/N-ethyl adjacent to an activating group) is 1. The van der Waals surface area contributed by atoms with Gasteiger partial charge in [0.1, 0.15) is 6.04 Å². The van der Waals surface area contributed by atoms with E-state index in [2.05, 4.69) is 11.9 Å². The van der Waals surface area contributed by atoms with Crippen LogP contribution in [0.4, 0.5) is 0 Å². The molecule has 0 saturated carbocycles. The van der Waals surface area contributed by atoms with E-state index in [4.69, 9.17) is 4.84 Å². The van der Waals surface area contributed by atoms with Gasteiger partial charge in [0.15, 0.2) is 0 Å². The molecule has 1 heterocycles. The van der Waals surface area contributed by atoms with Gasteiger partial charge in [-0.3, -0.25) is 14.6 Å². The van der Waals surface area contributed by atoms with Crippen molar-refractivity contribution >= 4 is 22.7 Å². The van der Waals surface area contributed by atoms with Crippen molar-refractivity contribution in [1.82, 2.24) is 5.06 Å². The SMILES string of the molecule is CCCC1=N[C@H](C(=O)N(C)OC)CS1. The second kappa shape index (κ2) is 5.36. The maximum atomic E-state index is 11.6. The van der Waals surface area contributed by atoms with Crippen molar-refractivity contribution in [2.75, 3.05) is 19.9 Å². The molecule has 0 N–H and O–H groups in total. The molecule has 14 heavy (non-hydrogen) atoms. The minimum absolute atomic E-state index is 0.0638. The van der Waals surface area contributed by atoms with Crippen LogP contribution in [-0.4, -0.2) is 42.0 Å². The summed E-state index contributed by atoms with van der Waals surface area (Å²) in [6, 6.07) is -0.244. The summed E-state index contributed by atoms with van der Waals surface area (Å²) >= 11 is 1.68. The van der Waals surface area contributed by atoms with Crippen molar-refractivity contribution < 1.29 is 9.63 Å². The molecular weight excluding hydrogens is 200 g/mol. The molecule has 1 atom stereocenters. The number of amides is 1. The predicted octanol–water partition coefficient (Wildman–Crippen LogP) is 1.32. The van der Waals surface area contributed by atoms with E-state index < -0.39 is 0 Å². The lowest BCUT2D eigenvalue weighted by molar-refractivity contribution is -0.169. The second-order valence-corrected chi connectivity index (χ2v) is 4.21. The van der Waals surface area contributed by atoms with Gasteiger partial charge in [-0.1, -0.05) is 13.3 Å². The normalized spacial score (nSPS) is 20.8. The third-order valence-corrected chi connectivity index (χ3v) is 3.17. The molecule has 1 amide bonds. The van der Waals surface area contributed by atoms with Crippen LogP contribution in [0.3, 0.4) is 0 Å². The Bertz CT molecular complexity index is 243. The van der Waals surface area contributed by atoms with Crippen molar-refractivity contribution in [3.05, 3.63) is 0 Å². The first-order valence-corrected chi connectivity index (χ1v) is 5.68. The van der Waals surface area contributed by atoms with Gasteiger partial charge in [-0.05, 0) is 6.42 Å². The fraction of sp³-hybridized carbons (Fsp3) is 0.778. The molecule has 0 bridgehead atoms. The molecule has 0 aromatic heterocycles. The Kier molecular flexibility index (Phi) is 4.41. The Morgan fingerprint density at radius 1 is 1.79 bits per heavy atom. The highest BCUT2D eigenvalue weighted by Gasteiger charge is 2.27. The molecule has 4 nitrogen and oxygen atoms in total. The largest absolute Gasteiger partial charge is 0.274 e. The Hall–Kier alpha value is -0.550. The lowest BCUT2D eigenvalue weighted by Crippen LogP contribution is -2.34. The zero-order chi connectivity index (χ0) is 10.6. The quantitative estimate of drug-likeness (QED) is 0.666. The van der Waals surface area contributed by atoms with Gasteiger partial charge in [-0.15, -0.1) is 11.8 Å². The van der Waals surface area contributed by atoms with Gasteiger partial charge in [0.05, 0.1) is 12.2 Å². The highest BCUT2D eigenvalue weighted by atomic mass is 32.2. The fourth-order valence-electron chi connectivity index (χ4n) is 1.20. The van der Waals surface area contributed by atoms with Crippen LogP contribution < -0.4 is 0 Å². The van der Waals surface area contributed by atoms with Crippen molar-refractivity contribution in [2.24, 2.45) is 4.99 Å². The standard InChI is InChI=1S/C9H16N2O2S/c1-4-5-8-10-7(6-14-8)9(12)11(2)13-3/h7H,4-6H2,1-3H3/t7-/m0/s1. The summed E-state index contributed by atoms with van der Waals surface area (Å²) in [6.45, 7) is 2.11. The summed E-state index contributed by atoms with van der Waals surface area (Å²) in [5, 5.41) is 2.33. The molecule has 80 valence electrons. The number of carbonyl (C=O) groups excluding carboxylic acids is 1. The van der Waals surface area contributed by atoms with E-state index in [0.29, 0.717) is 0 Å². The van der Waals surface area contributed by atoms with E-state index in [-0.39, 0.29) is 11.9 Å². The van der Waals surface area contributed by atoms with Gasteiger partial charge in [0, 0.05) is 12.8 Å². The highest BCUT2D eigenvalue weighted by Crippen LogP contribution is 2.22. The second-order valence-electron chi connectivity index (χ2n) is 3.12. The van der Waals surface area contributed by atoms with Crippen molar-refractivity contribution in [3.8, 4) is 0 Å². The summed E-state index contributed by atoms with van der Waals surface area (Å²) in [5.41, 5.74) is 0. The maximum absolute atomic E-state index is 11.6. The molecular formula is C9H16N2O2S. The van der Waals surface area contributed by atoms with Crippen LogP contribution in [0.2, 0.25) is 0 Å². The lowest BCUT2D eigenvalue weighted by Gasteiger charge is -2.15. The molecule has 1 aliphatic rings. The summed E-state index contributed by atoms with van der Waals surface area (Å²) in [7, 11) is 3.09. The molecule has 1 rings (SSSR count). The molecule has 0 radical (unpaired) electrons. The topological polar surface area (TPSA) is 41.9 Å². The van der Waals surface area contributed by atoms with Gasteiger partial charge in [0.25, 0.3) is 5.91 Å². The van der Waals surface area contributed by atoms with E-state index in [1.807, 2.05) is 0 Å². The molecule has 1 aliphatic heterocycles. The molecule has 0 spiro atoms. The number of nitrogens with zero attached hydrogens (tertiary/aromatic N) is 2. The smallest absolute Gasteiger partial charge is 0.271 e. The van der Waals surface area contributed by atoms with Crippen LogP contribution in [0, 0.1) is 0 Å². The molecule has 0 unspecified atom stereocenters. The first kappa shape index (κ1) is 11.5. The summed E-state index contributed by atoms with van der Waals surface area (Å²) in [4.78, 5) is 20.8. The van der Waals surface area contributed by atoms with Gasteiger partial charge in [0.2, 0.25) is 0 Å². The van der Waals surface area contributed by atoms with E-state index >= 15 is 0 Å². The van der Waals surface area contributed by atoms with Gasteiger partial charge >= 0.3 is 0 Å². The van der Waals surface area contributed by atoms with E-state index in [0.717, 1.165) is 23.6 Å². The fourth-order valence-corrected chi connectivity index (χ4v) is 2.32. The summed E-state index contributed by atoms with van der Waals surface area (Å²) in [5.74, 6) is 0.688. The minimum atomic E-state index is -0.244. The molecule has 0 aromatic carbocycles. The van der Waals surface area contributed by atoms with Crippen LogP contribution in [-0.2, 0) is 9.63 Å². The average Bonchev–Trinajstić information content (AvgIpc) is 2.64. The minimum Gasteiger partial charge on any atom is -0.274 e. The molecule has 0 saturated heterocycles. The Morgan fingerprint density at radius 3 is 3.07 bits per heavy atom. The Labute approximate surface area is 88.7 Å². The van der Waals surface area contributed by atoms with Crippen LogP contribution >= 0.6 is 11.8 Å². The first-order valence-electron chi connectivity index (χ1n) is 4.70. The number of hydrogen-bond acceptors (Lipinski definition) is 4. The zero-order valence-electron chi connectivity index (χ0n) is 8.82. The van der Waals surface area contributed by atoms with Crippen LogP contribution in [0.5, 0.6) is 0 Å². The highest BCUT2D eigenvalue weighted by molar-refractivity contribution is 8.14. The van der Waals surface area contributed by atoms with Crippen LogP contribution in [0.1, 0.15) is 19.8 Å². The zero-order valence-corrected chi connectivity index (χ0v) is 9.63. The number of hydroxylamine groups is 2. The number of rotatable bonds is 4. The van der Waals surface area contributed by atoms with Gasteiger partial charge < -0.3 is 0 Å². The predicted molar refractivity (Wildman–Crippen MR) is 58.4 cm³/mol. The number of carbonyl (C=O) groups is 1. The third kappa shape index (κ3) is 2.72. The lowest BCUT2D eigenvalue weighted by atomic mass is 10.3. The molecule has 0 fully saturated rings. The van der Waals surface area contributed by atoms with Crippen LogP contribution in [0.15, 0.2) is 4.99 Å². The Balaban J connectivity index is 2.51. The van der Waals surface area contributed by atoms with E-state index in [1.54, 1.807) is 18.8 Å². The van der Waals surface area contributed by atoms with E-state index in [1.165, 1.54) is 12.2 Å².